The summed E-state index contributed by atoms with van der Waals surface area (Å²) >= 11 is 0. The van der Waals surface area contributed by atoms with Gasteiger partial charge in [0, 0.05) is 38.2 Å². The Morgan fingerprint density at radius 1 is 1.19 bits per heavy atom. The van der Waals surface area contributed by atoms with Crippen LogP contribution in [-0.4, -0.2) is 45.5 Å². The van der Waals surface area contributed by atoms with Crippen LogP contribution in [-0.2, 0) is 4.74 Å². The summed E-state index contributed by atoms with van der Waals surface area (Å²) in [6, 6.07) is 6.52. The Kier molecular flexibility index (Phi) is 4.99. The second kappa shape index (κ2) is 7.14. The molecule has 3 rings (SSSR count). The van der Waals surface area contributed by atoms with Crippen LogP contribution in [0.4, 0.5) is 5.69 Å². The number of nitrogens with zero attached hydrogens (tertiary/aromatic N) is 1. The predicted molar refractivity (Wildman–Crippen MR) is 85.3 cm³/mol. The first-order valence-corrected chi connectivity index (χ1v) is 8.13. The maximum absolute atomic E-state index is 6.09. The number of nitrogens with one attached hydrogen (secondary N) is 1. The molecule has 0 aromatic heterocycles. The lowest BCUT2D eigenvalue weighted by molar-refractivity contribution is 0.0255. The Morgan fingerprint density at radius 3 is 2.86 bits per heavy atom. The highest BCUT2D eigenvalue weighted by molar-refractivity contribution is 5.56. The molecule has 21 heavy (non-hydrogen) atoms. The fraction of sp³-hybridized carbons (Fsp3) is 0.647. The largest absolute Gasteiger partial charge is 0.490 e. The van der Waals surface area contributed by atoms with Gasteiger partial charge in [-0.15, -0.1) is 0 Å². The van der Waals surface area contributed by atoms with E-state index in [0.29, 0.717) is 6.10 Å². The summed E-state index contributed by atoms with van der Waals surface area (Å²) in [5.41, 5.74) is 2.65. The third-order valence-electron chi connectivity index (χ3n) is 4.32. The minimum Gasteiger partial charge on any atom is -0.490 e. The van der Waals surface area contributed by atoms with Crippen LogP contribution in [0, 0.1) is 6.92 Å². The fourth-order valence-corrected chi connectivity index (χ4v) is 3.13. The zero-order valence-corrected chi connectivity index (χ0v) is 12.9. The number of hydrogen-bond donors (Lipinski definition) is 1. The van der Waals surface area contributed by atoms with Gasteiger partial charge in [-0.1, -0.05) is 0 Å². The Hall–Kier alpha value is -1.26. The summed E-state index contributed by atoms with van der Waals surface area (Å²) in [4.78, 5) is 2.48. The summed E-state index contributed by atoms with van der Waals surface area (Å²) in [5.74, 6) is 0.996. The topological polar surface area (TPSA) is 33.7 Å². The van der Waals surface area contributed by atoms with Crippen molar-refractivity contribution in [1.82, 2.24) is 5.32 Å². The van der Waals surface area contributed by atoms with E-state index in [1.165, 1.54) is 17.7 Å². The van der Waals surface area contributed by atoms with Crippen LogP contribution >= 0.6 is 0 Å². The van der Waals surface area contributed by atoms with Crippen molar-refractivity contribution in [2.24, 2.45) is 0 Å². The number of benzene rings is 1. The van der Waals surface area contributed by atoms with Crippen LogP contribution in [0.15, 0.2) is 18.2 Å². The van der Waals surface area contributed by atoms with Gasteiger partial charge in [-0.05, 0) is 43.7 Å². The Labute approximate surface area is 127 Å². The summed E-state index contributed by atoms with van der Waals surface area (Å²) in [6.07, 6.45) is 3.52. The molecule has 2 saturated heterocycles. The maximum atomic E-state index is 6.09. The van der Waals surface area contributed by atoms with Gasteiger partial charge in [-0.2, -0.15) is 0 Å². The maximum Gasteiger partial charge on any atom is 0.120 e. The SMILES string of the molecule is Cc1cc(OC2CCOCC2)ccc1N1CCCNCC1. The van der Waals surface area contributed by atoms with Gasteiger partial charge < -0.3 is 19.7 Å². The predicted octanol–water partition coefficient (Wildman–Crippen LogP) is 2.35. The second-order valence-electron chi connectivity index (χ2n) is 5.97. The molecule has 0 aliphatic carbocycles. The van der Waals surface area contributed by atoms with E-state index < -0.39 is 0 Å². The van der Waals surface area contributed by atoms with Gasteiger partial charge in [-0.3, -0.25) is 0 Å². The van der Waals surface area contributed by atoms with Crippen molar-refractivity contribution >= 4 is 5.69 Å². The molecule has 4 heteroatoms. The number of anilines is 1. The summed E-state index contributed by atoms with van der Waals surface area (Å²) in [5, 5.41) is 3.45. The average Bonchev–Trinajstić information content (AvgIpc) is 2.77. The van der Waals surface area contributed by atoms with Crippen molar-refractivity contribution in [3.8, 4) is 5.75 Å². The average molecular weight is 290 g/mol. The van der Waals surface area contributed by atoms with E-state index in [-0.39, 0.29) is 0 Å². The van der Waals surface area contributed by atoms with Gasteiger partial charge in [0.15, 0.2) is 0 Å². The third kappa shape index (κ3) is 3.89. The molecule has 1 aromatic carbocycles. The summed E-state index contributed by atoms with van der Waals surface area (Å²) in [7, 11) is 0. The highest BCUT2D eigenvalue weighted by Gasteiger charge is 2.16. The second-order valence-corrected chi connectivity index (χ2v) is 5.97. The molecule has 2 fully saturated rings. The molecule has 2 heterocycles. The van der Waals surface area contributed by atoms with E-state index in [2.05, 4.69) is 35.3 Å². The molecule has 2 aliphatic rings. The van der Waals surface area contributed by atoms with Gasteiger partial charge in [0.1, 0.15) is 11.9 Å². The lowest BCUT2D eigenvalue weighted by atomic mass is 10.1. The van der Waals surface area contributed by atoms with Crippen molar-refractivity contribution in [3.63, 3.8) is 0 Å². The van der Waals surface area contributed by atoms with Crippen LogP contribution in [0.2, 0.25) is 0 Å². The van der Waals surface area contributed by atoms with E-state index in [9.17, 15) is 0 Å². The lowest BCUT2D eigenvalue weighted by Crippen LogP contribution is -2.28. The summed E-state index contributed by atoms with van der Waals surface area (Å²) in [6.45, 7) is 8.24. The molecule has 0 bridgehead atoms. The highest BCUT2D eigenvalue weighted by atomic mass is 16.5. The molecular weight excluding hydrogens is 264 g/mol. The van der Waals surface area contributed by atoms with Gasteiger partial charge in [0.05, 0.1) is 13.2 Å². The molecule has 0 saturated carbocycles. The molecule has 0 radical (unpaired) electrons. The normalized spacial score (nSPS) is 21.1. The monoisotopic (exact) mass is 290 g/mol. The zero-order valence-electron chi connectivity index (χ0n) is 12.9. The third-order valence-corrected chi connectivity index (χ3v) is 4.32. The van der Waals surface area contributed by atoms with E-state index >= 15 is 0 Å². The molecular formula is C17H26N2O2. The van der Waals surface area contributed by atoms with Crippen LogP contribution in [0.1, 0.15) is 24.8 Å². The molecule has 1 N–H and O–H groups in total. The Morgan fingerprint density at radius 2 is 2.05 bits per heavy atom. The van der Waals surface area contributed by atoms with E-state index in [0.717, 1.165) is 58.0 Å². The van der Waals surface area contributed by atoms with Crippen LogP contribution in [0.3, 0.4) is 0 Å². The highest BCUT2D eigenvalue weighted by Crippen LogP contribution is 2.27. The van der Waals surface area contributed by atoms with Crippen LogP contribution in [0.5, 0.6) is 5.75 Å². The first kappa shape index (κ1) is 14.7. The quantitative estimate of drug-likeness (QED) is 0.926. The minimum atomic E-state index is 0.311. The number of aryl methyl sites for hydroxylation is 1. The first-order valence-electron chi connectivity index (χ1n) is 8.13. The summed E-state index contributed by atoms with van der Waals surface area (Å²) < 4.78 is 11.5. The number of hydrogen-bond acceptors (Lipinski definition) is 4. The van der Waals surface area contributed by atoms with Gasteiger partial charge in [-0.25, -0.2) is 0 Å². The van der Waals surface area contributed by atoms with Crippen molar-refractivity contribution < 1.29 is 9.47 Å². The van der Waals surface area contributed by atoms with Crippen molar-refractivity contribution in [2.75, 3.05) is 44.3 Å². The van der Waals surface area contributed by atoms with E-state index in [1.807, 2.05) is 0 Å². The standard InChI is InChI=1S/C17H26N2O2/c1-14-13-16(21-15-5-11-20-12-6-15)3-4-17(14)19-9-2-7-18-8-10-19/h3-4,13,15,18H,2,5-12H2,1H3. The Bertz CT molecular complexity index is 450. The molecule has 0 amide bonds. The number of rotatable bonds is 3. The fourth-order valence-electron chi connectivity index (χ4n) is 3.13. The van der Waals surface area contributed by atoms with E-state index in [1.54, 1.807) is 0 Å². The van der Waals surface area contributed by atoms with Crippen LogP contribution < -0.4 is 15.0 Å². The molecule has 2 aliphatic heterocycles. The lowest BCUT2D eigenvalue weighted by Gasteiger charge is -2.26. The minimum absolute atomic E-state index is 0.311. The van der Waals surface area contributed by atoms with Crippen molar-refractivity contribution in [2.45, 2.75) is 32.3 Å². The zero-order chi connectivity index (χ0) is 14.5. The molecule has 0 atom stereocenters. The smallest absolute Gasteiger partial charge is 0.120 e. The van der Waals surface area contributed by atoms with Crippen LogP contribution in [0.25, 0.3) is 0 Å². The van der Waals surface area contributed by atoms with Gasteiger partial charge in [0.2, 0.25) is 0 Å². The molecule has 4 nitrogen and oxygen atoms in total. The Balaban J connectivity index is 1.66. The number of ether oxygens (including phenoxy) is 2. The van der Waals surface area contributed by atoms with Crippen molar-refractivity contribution in [3.05, 3.63) is 23.8 Å². The molecule has 0 spiro atoms. The van der Waals surface area contributed by atoms with E-state index in [4.69, 9.17) is 9.47 Å². The molecule has 0 unspecified atom stereocenters. The van der Waals surface area contributed by atoms with Crippen molar-refractivity contribution in [1.29, 1.82) is 0 Å². The molecule has 116 valence electrons. The van der Waals surface area contributed by atoms with Gasteiger partial charge in [0.25, 0.3) is 0 Å². The van der Waals surface area contributed by atoms with Gasteiger partial charge >= 0.3 is 0 Å². The molecule has 1 aromatic rings. The first-order chi connectivity index (χ1) is 10.3.